The first kappa shape index (κ1) is 22.7. The molecule has 30 heavy (non-hydrogen) atoms. The van der Waals surface area contributed by atoms with E-state index in [1.54, 1.807) is 26.0 Å². The van der Waals surface area contributed by atoms with Crippen LogP contribution in [0.25, 0.3) is 11.1 Å². The Morgan fingerprint density at radius 3 is 1.90 bits per heavy atom. The van der Waals surface area contributed by atoms with Crippen molar-refractivity contribution in [2.45, 2.75) is 13.8 Å². The minimum Gasteiger partial charge on any atom is -0.490 e. The second-order valence-electron chi connectivity index (χ2n) is 6.55. The van der Waals surface area contributed by atoms with Crippen LogP contribution in [0, 0.1) is 0 Å². The summed E-state index contributed by atoms with van der Waals surface area (Å²) in [6.45, 7) is 10.9. The second-order valence-corrected chi connectivity index (χ2v) is 6.55. The summed E-state index contributed by atoms with van der Waals surface area (Å²) in [5, 5.41) is 0. The van der Waals surface area contributed by atoms with Crippen LogP contribution in [-0.4, -0.2) is 38.4 Å². The van der Waals surface area contributed by atoms with Crippen molar-refractivity contribution in [3.05, 3.63) is 72.8 Å². The fourth-order valence-corrected chi connectivity index (χ4v) is 2.39. The second kappa shape index (κ2) is 11.5. The van der Waals surface area contributed by atoms with Crippen molar-refractivity contribution in [2.75, 3.05) is 26.4 Å². The Kier molecular flexibility index (Phi) is 8.69. The first-order chi connectivity index (χ1) is 14.4. The van der Waals surface area contributed by atoms with Gasteiger partial charge in [0.25, 0.3) is 0 Å². The van der Waals surface area contributed by atoms with E-state index in [-0.39, 0.29) is 26.4 Å². The van der Waals surface area contributed by atoms with E-state index in [4.69, 9.17) is 18.9 Å². The Bertz CT molecular complexity index is 901. The molecule has 2 rings (SSSR count). The van der Waals surface area contributed by atoms with Crippen LogP contribution in [0.1, 0.15) is 13.8 Å². The van der Waals surface area contributed by atoms with Crippen molar-refractivity contribution in [2.24, 2.45) is 0 Å². The minimum absolute atomic E-state index is 0.117. The number of hydrogen-bond acceptors (Lipinski definition) is 6. The highest BCUT2D eigenvalue weighted by molar-refractivity contribution is 5.87. The van der Waals surface area contributed by atoms with Crippen LogP contribution in [0.3, 0.4) is 0 Å². The first-order valence-corrected chi connectivity index (χ1v) is 9.49. The molecule has 6 heteroatoms. The van der Waals surface area contributed by atoms with E-state index >= 15 is 0 Å². The first-order valence-electron chi connectivity index (χ1n) is 9.49. The lowest BCUT2D eigenvalue weighted by atomic mass is 10.0. The van der Waals surface area contributed by atoms with Gasteiger partial charge in [0.15, 0.2) is 0 Å². The molecule has 0 atom stereocenters. The van der Waals surface area contributed by atoms with Gasteiger partial charge in [-0.3, -0.25) is 0 Å². The monoisotopic (exact) mass is 410 g/mol. The van der Waals surface area contributed by atoms with Gasteiger partial charge >= 0.3 is 11.9 Å². The number of hydrogen-bond donors (Lipinski definition) is 0. The molecule has 2 aromatic carbocycles. The standard InChI is InChI=1S/C24H26O6/c1-17(2)23(25)29-14-12-27-20-10-11-22(28-13-15-30-24(26)18(3)4)21(16-20)19-8-6-5-7-9-19/h5-11,16H,1,3,12-15H2,2,4H3. The van der Waals surface area contributed by atoms with E-state index in [0.717, 1.165) is 11.1 Å². The summed E-state index contributed by atoms with van der Waals surface area (Å²) in [6, 6.07) is 15.1. The summed E-state index contributed by atoms with van der Waals surface area (Å²) >= 11 is 0. The number of esters is 2. The normalized spacial score (nSPS) is 10.1. The van der Waals surface area contributed by atoms with Crippen molar-refractivity contribution in [1.29, 1.82) is 0 Å². The third kappa shape index (κ3) is 7.13. The zero-order valence-corrected chi connectivity index (χ0v) is 17.3. The van der Waals surface area contributed by atoms with Gasteiger partial charge < -0.3 is 18.9 Å². The van der Waals surface area contributed by atoms with Gasteiger partial charge in [0, 0.05) is 16.7 Å². The number of carbonyl (C=O) groups excluding carboxylic acids is 2. The van der Waals surface area contributed by atoms with Crippen molar-refractivity contribution >= 4 is 11.9 Å². The van der Waals surface area contributed by atoms with Crippen LogP contribution >= 0.6 is 0 Å². The summed E-state index contributed by atoms with van der Waals surface area (Å²) in [4.78, 5) is 22.9. The molecule has 0 unspecified atom stereocenters. The van der Waals surface area contributed by atoms with Crippen LogP contribution in [0.5, 0.6) is 11.5 Å². The Labute approximate surface area is 176 Å². The van der Waals surface area contributed by atoms with Crippen LogP contribution in [0.2, 0.25) is 0 Å². The molecule has 0 N–H and O–H groups in total. The SMILES string of the molecule is C=C(C)C(=O)OCCOc1ccc(OCCOC(=O)C(=C)C)c(-c2ccccc2)c1. The molecule has 0 saturated heterocycles. The summed E-state index contributed by atoms with van der Waals surface area (Å²) < 4.78 is 21.6. The summed E-state index contributed by atoms with van der Waals surface area (Å²) in [6.07, 6.45) is 0. The third-order valence-electron chi connectivity index (χ3n) is 3.89. The average molecular weight is 410 g/mol. The summed E-state index contributed by atoms with van der Waals surface area (Å²) in [5.74, 6) is 0.354. The Morgan fingerprint density at radius 1 is 0.767 bits per heavy atom. The molecule has 0 bridgehead atoms. The summed E-state index contributed by atoms with van der Waals surface area (Å²) in [5.41, 5.74) is 2.47. The van der Waals surface area contributed by atoms with Crippen molar-refractivity contribution < 1.29 is 28.5 Å². The quantitative estimate of drug-likeness (QED) is 0.312. The van der Waals surface area contributed by atoms with Crippen molar-refractivity contribution in [1.82, 2.24) is 0 Å². The van der Waals surface area contributed by atoms with Gasteiger partial charge in [0.05, 0.1) is 0 Å². The lowest BCUT2D eigenvalue weighted by molar-refractivity contribution is -0.140. The van der Waals surface area contributed by atoms with Gasteiger partial charge in [-0.15, -0.1) is 0 Å². The molecule has 0 aliphatic carbocycles. The lowest BCUT2D eigenvalue weighted by Crippen LogP contribution is -2.13. The van der Waals surface area contributed by atoms with E-state index in [0.29, 0.717) is 22.6 Å². The number of carbonyl (C=O) groups is 2. The van der Waals surface area contributed by atoms with Crippen molar-refractivity contribution in [3.8, 4) is 22.6 Å². The van der Waals surface area contributed by atoms with Gasteiger partial charge in [-0.2, -0.15) is 0 Å². The zero-order valence-electron chi connectivity index (χ0n) is 17.3. The third-order valence-corrected chi connectivity index (χ3v) is 3.89. The van der Waals surface area contributed by atoms with Gasteiger partial charge in [-0.05, 0) is 37.6 Å². The molecular weight excluding hydrogens is 384 g/mol. The molecule has 0 spiro atoms. The van der Waals surface area contributed by atoms with Gasteiger partial charge in [-0.25, -0.2) is 9.59 Å². The molecular formula is C24H26O6. The highest BCUT2D eigenvalue weighted by Gasteiger charge is 2.10. The number of benzene rings is 2. The predicted molar refractivity (Wildman–Crippen MR) is 114 cm³/mol. The topological polar surface area (TPSA) is 71.1 Å². The largest absolute Gasteiger partial charge is 0.490 e. The Morgan fingerprint density at radius 2 is 1.33 bits per heavy atom. The van der Waals surface area contributed by atoms with Gasteiger partial charge in [0.1, 0.15) is 37.9 Å². The molecule has 0 heterocycles. The van der Waals surface area contributed by atoms with E-state index in [2.05, 4.69) is 13.2 Å². The Hall–Kier alpha value is -3.54. The maximum atomic E-state index is 11.5. The Balaban J connectivity index is 2.03. The van der Waals surface area contributed by atoms with E-state index in [1.165, 1.54) is 0 Å². The fourth-order valence-electron chi connectivity index (χ4n) is 2.39. The zero-order chi connectivity index (χ0) is 21.9. The smallest absolute Gasteiger partial charge is 0.333 e. The molecule has 0 radical (unpaired) electrons. The molecule has 0 fully saturated rings. The van der Waals surface area contributed by atoms with Crippen molar-refractivity contribution in [3.63, 3.8) is 0 Å². The minimum atomic E-state index is -0.446. The summed E-state index contributed by atoms with van der Waals surface area (Å²) in [7, 11) is 0. The van der Waals surface area contributed by atoms with Crippen LogP contribution in [0.4, 0.5) is 0 Å². The average Bonchev–Trinajstić information content (AvgIpc) is 2.74. The lowest BCUT2D eigenvalue weighted by Gasteiger charge is -2.14. The van der Waals surface area contributed by atoms with E-state index in [9.17, 15) is 9.59 Å². The fraction of sp³-hybridized carbons (Fsp3) is 0.250. The van der Waals surface area contributed by atoms with Gasteiger partial charge in [0.2, 0.25) is 0 Å². The maximum absolute atomic E-state index is 11.5. The van der Waals surface area contributed by atoms with E-state index < -0.39 is 11.9 Å². The highest BCUT2D eigenvalue weighted by Crippen LogP contribution is 2.33. The van der Waals surface area contributed by atoms with Gasteiger partial charge in [-0.1, -0.05) is 43.5 Å². The number of ether oxygens (including phenoxy) is 4. The highest BCUT2D eigenvalue weighted by atomic mass is 16.6. The molecule has 0 aromatic heterocycles. The van der Waals surface area contributed by atoms with E-state index in [1.807, 2.05) is 36.4 Å². The molecule has 0 saturated carbocycles. The predicted octanol–water partition coefficient (Wildman–Crippen LogP) is 4.35. The molecule has 158 valence electrons. The molecule has 0 aliphatic heterocycles. The van der Waals surface area contributed by atoms with Crippen LogP contribution in [0.15, 0.2) is 72.8 Å². The molecule has 0 amide bonds. The molecule has 2 aromatic rings. The molecule has 0 aliphatic rings. The van der Waals surface area contributed by atoms with Crippen LogP contribution in [-0.2, 0) is 19.1 Å². The maximum Gasteiger partial charge on any atom is 0.333 e. The number of rotatable bonds is 11. The van der Waals surface area contributed by atoms with Crippen LogP contribution < -0.4 is 9.47 Å². The molecule has 6 nitrogen and oxygen atoms in total.